The van der Waals surface area contributed by atoms with Crippen molar-refractivity contribution >= 4 is 0 Å². The molecule has 0 aromatic carbocycles. The van der Waals surface area contributed by atoms with Crippen molar-refractivity contribution in [1.82, 2.24) is 10.2 Å². The molecule has 0 saturated carbocycles. The summed E-state index contributed by atoms with van der Waals surface area (Å²) in [6.45, 7) is 15.6. The van der Waals surface area contributed by atoms with Crippen LogP contribution in [0.15, 0.2) is 0 Å². The molecule has 0 saturated heterocycles. The molecule has 2 atom stereocenters. The van der Waals surface area contributed by atoms with E-state index in [9.17, 15) is 0 Å². The number of ether oxygens (including phenoxy) is 1. The molecule has 116 valence electrons. The van der Waals surface area contributed by atoms with Crippen LogP contribution in [-0.4, -0.2) is 50.3 Å². The van der Waals surface area contributed by atoms with Gasteiger partial charge >= 0.3 is 0 Å². The summed E-state index contributed by atoms with van der Waals surface area (Å²) < 4.78 is 5.28. The minimum atomic E-state index is 0.601. The molecule has 0 rings (SSSR count). The standard InChI is InChI=1S/C16H36N2O/c1-7-10-17-13-14(4)15(5)18(11-12-19-6)16(8-2)9-3/h14-17H,7-13H2,1-6H3. The third kappa shape index (κ3) is 7.28. The van der Waals surface area contributed by atoms with Gasteiger partial charge in [0, 0.05) is 25.7 Å². The van der Waals surface area contributed by atoms with E-state index in [-0.39, 0.29) is 0 Å². The second kappa shape index (κ2) is 11.7. The number of nitrogens with one attached hydrogen (secondary N) is 1. The van der Waals surface area contributed by atoms with Crippen LogP contribution < -0.4 is 5.32 Å². The summed E-state index contributed by atoms with van der Waals surface area (Å²) in [5.74, 6) is 0.670. The predicted octanol–water partition coefficient (Wildman–Crippen LogP) is 3.15. The van der Waals surface area contributed by atoms with Gasteiger partial charge in [0.25, 0.3) is 0 Å². The van der Waals surface area contributed by atoms with Gasteiger partial charge in [-0.05, 0) is 45.2 Å². The van der Waals surface area contributed by atoms with Crippen molar-refractivity contribution in [3.05, 3.63) is 0 Å². The molecule has 2 unspecified atom stereocenters. The zero-order valence-corrected chi connectivity index (χ0v) is 14.0. The van der Waals surface area contributed by atoms with Gasteiger partial charge in [-0.15, -0.1) is 0 Å². The second-order valence-electron chi connectivity index (χ2n) is 5.62. The third-order valence-corrected chi connectivity index (χ3v) is 4.20. The number of rotatable bonds is 12. The van der Waals surface area contributed by atoms with Crippen LogP contribution in [0, 0.1) is 5.92 Å². The molecule has 0 aromatic rings. The first-order chi connectivity index (χ1) is 9.12. The molecule has 0 aliphatic carbocycles. The lowest BCUT2D eigenvalue weighted by molar-refractivity contribution is 0.0645. The maximum atomic E-state index is 5.28. The van der Waals surface area contributed by atoms with Crippen molar-refractivity contribution in [3.63, 3.8) is 0 Å². The first-order valence-corrected chi connectivity index (χ1v) is 8.07. The zero-order valence-electron chi connectivity index (χ0n) is 14.0. The van der Waals surface area contributed by atoms with Gasteiger partial charge in [0.15, 0.2) is 0 Å². The van der Waals surface area contributed by atoms with E-state index in [1.54, 1.807) is 7.11 Å². The molecule has 0 aliphatic heterocycles. The molecule has 0 spiro atoms. The average molecular weight is 272 g/mol. The van der Waals surface area contributed by atoms with Crippen LogP contribution >= 0.6 is 0 Å². The molecule has 0 amide bonds. The van der Waals surface area contributed by atoms with Gasteiger partial charge in [-0.3, -0.25) is 4.90 Å². The van der Waals surface area contributed by atoms with Crippen LogP contribution in [-0.2, 0) is 4.74 Å². The Bertz CT molecular complexity index is 195. The van der Waals surface area contributed by atoms with Gasteiger partial charge in [-0.2, -0.15) is 0 Å². The van der Waals surface area contributed by atoms with E-state index in [4.69, 9.17) is 4.74 Å². The van der Waals surface area contributed by atoms with Crippen LogP contribution in [0.5, 0.6) is 0 Å². The van der Waals surface area contributed by atoms with E-state index >= 15 is 0 Å². The van der Waals surface area contributed by atoms with Crippen LogP contribution in [0.25, 0.3) is 0 Å². The minimum Gasteiger partial charge on any atom is -0.383 e. The fraction of sp³-hybridized carbons (Fsp3) is 1.00. The molecule has 0 heterocycles. The molecule has 0 fully saturated rings. The molecule has 0 radical (unpaired) electrons. The maximum absolute atomic E-state index is 5.28. The highest BCUT2D eigenvalue weighted by Crippen LogP contribution is 2.18. The van der Waals surface area contributed by atoms with Crippen LogP contribution in [0.1, 0.15) is 53.9 Å². The molecule has 19 heavy (non-hydrogen) atoms. The number of nitrogens with zero attached hydrogens (tertiary/aromatic N) is 1. The second-order valence-corrected chi connectivity index (χ2v) is 5.62. The number of methoxy groups -OCH3 is 1. The van der Waals surface area contributed by atoms with Gasteiger partial charge in [0.2, 0.25) is 0 Å². The summed E-state index contributed by atoms with van der Waals surface area (Å²) in [4.78, 5) is 2.64. The summed E-state index contributed by atoms with van der Waals surface area (Å²) in [6.07, 6.45) is 3.65. The SMILES string of the molecule is CCCNCC(C)C(C)N(CCOC)C(CC)CC. The fourth-order valence-corrected chi connectivity index (χ4v) is 2.68. The predicted molar refractivity (Wildman–Crippen MR) is 84.7 cm³/mol. The highest BCUT2D eigenvalue weighted by atomic mass is 16.5. The van der Waals surface area contributed by atoms with Gasteiger partial charge in [0.05, 0.1) is 6.61 Å². The third-order valence-electron chi connectivity index (χ3n) is 4.20. The van der Waals surface area contributed by atoms with E-state index in [2.05, 4.69) is 44.8 Å². The Labute approximate surface area is 121 Å². The van der Waals surface area contributed by atoms with Crippen LogP contribution in [0.3, 0.4) is 0 Å². The quantitative estimate of drug-likeness (QED) is 0.552. The van der Waals surface area contributed by atoms with Crippen LogP contribution in [0.2, 0.25) is 0 Å². The Hall–Kier alpha value is -0.120. The molecule has 0 bridgehead atoms. The lowest BCUT2D eigenvalue weighted by Gasteiger charge is -2.38. The van der Waals surface area contributed by atoms with Gasteiger partial charge in [0.1, 0.15) is 0 Å². The smallest absolute Gasteiger partial charge is 0.0589 e. The molecular formula is C16H36N2O. The molecule has 3 nitrogen and oxygen atoms in total. The summed E-state index contributed by atoms with van der Waals surface area (Å²) in [6, 6.07) is 1.28. The summed E-state index contributed by atoms with van der Waals surface area (Å²) in [5, 5.41) is 3.54. The lowest BCUT2D eigenvalue weighted by Crippen LogP contribution is -2.48. The Morgan fingerprint density at radius 1 is 1.11 bits per heavy atom. The van der Waals surface area contributed by atoms with E-state index in [1.165, 1.54) is 19.3 Å². The van der Waals surface area contributed by atoms with Crippen molar-refractivity contribution in [2.45, 2.75) is 66.0 Å². The van der Waals surface area contributed by atoms with Crippen molar-refractivity contribution < 1.29 is 4.74 Å². The molecule has 0 aliphatic rings. The highest BCUT2D eigenvalue weighted by Gasteiger charge is 2.24. The molecule has 0 aromatic heterocycles. The largest absolute Gasteiger partial charge is 0.383 e. The summed E-state index contributed by atoms with van der Waals surface area (Å²) in [5.41, 5.74) is 0. The van der Waals surface area contributed by atoms with E-state index in [1.807, 2.05) is 0 Å². The molecule has 1 N–H and O–H groups in total. The number of hydrogen-bond acceptors (Lipinski definition) is 3. The van der Waals surface area contributed by atoms with Crippen molar-refractivity contribution in [2.24, 2.45) is 5.92 Å². The van der Waals surface area contributed by atoms with E-state index in [0.717, 1.165) is 26.2 Å². The molecule has 3 heteroatoms. The Balaban J connectivity index is 4.45. The van der Waals surface area contributed by atoms with Gasteiger partial charge in [-0.25, -0.2) is 0 Å². The highest BCUT2D eigenvalue weighted by molar-refractivity contribution is 4.79. The summed E-state index contributed by atoms with van der Waals surface area (Å²) >= 11 is 0. The monoisotopic (exact) mass is 272 g/mol. The average Bonchev–Trinajstić information content (AvgIpc) is 2.43. The Kier molecular flexibility index (Phi) is 11.6. The van der Waals surface area contributed by atoms with E-state index in [0.29, 0.717) is 18.0 Å². The number of hydrogen-bond donors (Lipinski definition) is 1. The van der Waals surface area contributed by atoms with E-state index < -0.39 is 0 Å². The van der Waals surface area contributed by atoms with Gasteiger partial charge in [-0.1, -0.05) is 27.7 Å². The Morgan fingerprint density at radius 2 is 1.74 bits per heavy atom. The first-order valence-electron chi connectivity index (χ1n) is 8.07. The molecular weight excluding hydrogens is 236 g/mol. The van der Waals surface area contributed by atoms with Gasteiger partial charge < -0.3 is 10.1 Å². The first kappa shape index (κ1) is 18.9. The lowest BCUT2D eigenvalue weighted by atomic mass is 9.98. The van der Waals surface area contributed by atoms with Crippen molar-refractivity contribution in [2.75, 3.05) is 33.4 Å². The zero-order chi connectivity index (χ0) is 14.7. The normalized spacial score (nSPS) is 15.2. The maximum Gasteiger partial charge on any atom is 0.0589 e. The Morgan fingerprint density at radius 3 is 2.21 bits per heavy atom. The van der Waals surface area contributed by atoms with Crippen molar-refractivity contribution in [3.8, 4) is 0 Å². The van der Waals surface area contributed by atoms with Crippen LogP contribution in [0.4, 0.5) is 0 Å². The fourth-order valence-electron chi connectivity index (χ4n) is 2.68. The minimum absolute atomic E-state index is 0.601. The topological polar surface area (TPSA) is 24.5 Å². The van der Waals surface area contributed by atoms with Crippen molar-refractivity contribution in [1.29, 1.82) is 0 Å². The summed E-state index contributed by atoms with van der Waals surface area (Å²) in [7, 11) is 1.79.